The summed E-state index contributed by atoms with van der Waals surface area (Å²) in [6.45, 7) is 0. The largest absolute Gasteiger partial charge is 0.508 e. The average Bonchev–Trinajstić information content (AvgIpc) is 2.64. The Morgan fingerprint density at radius 2 is 1.86 bits per heavy atom. The molecule has 9 heteroatoms. The van der Waals surface area contributed by atoms with Crippen LogP contribution < -0.4 is 10.1 Å². The highest BCUT2D eigenvalue weighted by molar-refractivity contribution is 6.00. The molecule has 0 atom stereocenters. The molecule has 2 aromatic carbocycles. The summed E-state index contributed by atoms with van der Waals surface area (Å²) in [6, 6.07) is 4.86. The van der Waals surface area contributed by atoms with Crippen molar-refractivity contribution in [1.82, 2.24) is 5.32 Å². The van der Waals surface area contributed by atoms with Crippen molar-refractivity contribution in [2.24, 2.45) is 0 Å². The number of nitrogens with one attached hydrogen (secondary N) is 1. The normalized spacial score (nSPS) is 13.8. The molecule has 3 rings (SSSR count). The maximum Gasteiger partial charge on any atom is 0.416 e. The molecule has 0 saturated carbocycles. The van der Waals surface area contributed by atoms with Gasteiger partial charge in [0.05, 0.1) is 11.1 Å². The Hall–Kier alpha value is -3.62. The van der Waals surface area contributed by atoms with Crippen LogP contribution in [-0.2, 0) is 11.0 Å². The number of amides is 1. The van der Waals surface area contributed by atoms with Gasteiger partial charge in [-0.05, 0) is 36.4 Å². The number of ketones is 1. The number of rotatable bonds is 4. The number of allylic oxidation sites excluding steroid dienone is 3. The number of phenolic OH excluding ortho intramolecular Hbond substituents is 1. The number of carbonyl (C=O) groups excluding carboxylic acids is 2. The zero-order chi connectivity index (χ0) is 21.2. The molecule has 1 amide bonds. The van der Waals surface area contributed by atoms with Crippen LogP contribution in [0.25, 0.3) is 0 Å². The quantitative estimate of drug-likeness (QED) is 0.733. The molecule has 150 valence electrons. The Morgan fingerprint density at radius 1 is 1.10 bits per heavy atom. The highest BCUT2D eigenvalue weighted by atomic mass is 19.4. The number of carbonyl (C=O) groups is 2. The van der Waals surface area contributed by atoms with Crippen molar-refractivity contribution in [3.8, 4) is 17.2 Å². The highest BCUT2D eigenvalue weighted by Gasteiger charge is 2.32. The number of hydrogen-bond acceptors (Lipinski definition) is 4. The standard InChI is InChI=1S/C20H13F4NO4/c21-16-7-5-14(27)10-18(16)29-17-8-11(20(22,23)24)4-6-15(17)19(28)25-12-2-1-3-13(26)9-12/h1-2,4-10,27H,3H2,(H,25,28). The molecule has 0 fully saturated rings. The van der Waals surface area contributed by atoms with Gasteiger partial charge in [-0.15, -0.1) is 0 Å². The second-order valence-corrected chi connectivity index (χ2v) is 6.05. The lowest BCUT2D eigenvalue weighted by atomic mass is 10.1. The Labute approximate surface area is 161 Å². The number of benzene rings is 2. The fourth-order valence-electron chi connectivity index (χ4n) is 2.52. The van der Waals surface area contributed by atoms with E-state index in [0.717, 1.165) is 24.3 Å². The summed E-state index contributed by atoms with van der Waals surface area (Å²) in [7, 11) is 0. The van der Waals surface area contributed by atoms with Crippen molar-refractivity contribution in [2.45, 2.75) is 12.6 Å². The number of ether oxygens (including phenoxy) is 1. The summed E-state index contributed by atoms with van der Waals surface area (Å²) >= 11 is 0. The lowest BCUT2D eigenvalue weighted by molar-refractivity contribution is -0.137. The van der Waals surface area contributed by atoms with Crippen LogP contribution in [0.1, 0.15) is 22.3 Å². The van der Waals surface area contributed by atoms with E-state index in [0.29, 0.717) is 12.1 Å². The summed E-state index contributed by atoms with van der Waals surface area (Å²) in [5.41, 5.74) is -1.29. The molecule has 0 bridgehead atoms. The molecule has 2 N–H and O–H groups in total. The van der Waals surface area contributed by atoms with E-state index in [2.05, 4.69) is 5.32 Å². The average molecular weight is 407 g/mol. The van der Waals surface area contributed by atoms with Gasteiger partial charge in [0.1, 0.15) is 11.5 Å². The van der Waals surface area contributed by atoms with Crippen LogP contribution in [0.2, 0.25) is 0 Å². The van der Waals surface area contributed by atoms with Gasteiger partial charge in [0.2, 0.25) is 0 Å². The maximum absolute atomic E-state index is 13.9. The predicted molar refractivity (Wildman–Crippen MR) is 93.9 cm³/mol. The van der Waals surface area contributed by atoms with Gasteiger partial charge < -0.3 is 15.2 Å². The SMILES string of the molecule is O=C1C=C(NC(=O)c2ccc(C(F)(F)F)cc2Oc2cc(O)ccc2F)C=CC1. The third kappa shape index (κ3) is 4.81. The minimum atomic E-state index is -4.73. The van der Waals surface area contributed by atoms with Gasteiger partial charge in [-0.2, -0.15) is 13.2 Å². The molecule has 0 heterocycles. The summed E-state index contributed by atoms with van der Waals surface area (Å²) in [6.07, 6.45) is -0.392. The summed E-state index contributed by atoms with van der Waals surface area (Å²) in [5.74, 6) is -3.59. The van der Waals surface area contributed by atoms with Gasteiger partial charge in [-0.25, -0.2) is 4.39 Å². The Bertz CT molecular complexity index is 1040. The molecular formula is C20H13F4NO4. The lowest BCUT2D eigenvalue weighted by Gasteiger charge is -2.15. The van der Waals surface area contributed by atoms with E-state index < -0.39 is 35.0 Å². The van der Waals surface area contributed by atoms with Crippen molar-refractivity contribution in [1.29, 1.82) is 0 Å². The third-order valence-electron chi connectivity index (χ3n) is 3.88. The van der Waals surface area contributed by atoms with Crippen molar-refractivity contribution in [3.05, 3.63) is 77.3 Å². The molecule has 0 spiro atoms. The summed E-state index contributed by atoms with van der Waals surface area (Å²) in [5, 5.41) is 11.9. The molecule has 2 aromatic rings. The molecule has 5 nitrogen and oxygen atoms in total. The maximum atomic E-state index is 13.9. The molecule has 0 radical (unpaired) electrons. The number of phenols is 1. The van der Waals surface area contributed by atoms with Crippen LogP contribution in [0.15, 0.2) is 60.3 Å². The highest BCUT2D eigenvalue weighted by Crippen LogP contribution is 2.36. The zero-order valence-corrected chi connectivity index (χ0v) is 14.6. The van der Waals surface area contributed by atoms with Crippen LogP contribution in [-0.4, -0.2) is 16.8 Å². The minimum absolute atomic E-state index is 0.153. The smallest absolute Gasteiger partial charge is 0.416 e. The molecular weight excluding hydrogens is 394 g/mol. The molecule has 29 heavy (non-hydrogen) atoms. The van der Waals surface area contributed by atoms with Gasteiger partial charge in [0, 0.05) is 24.3 Å². The van der Waals surface area contributed by atoms with E-state index in [1.54, 1.807) is 0 Å². The fraction of sp³-hybridized carbons (Fsp3) is 0.100. The fourth-order valence-corrected chi connectivity index (χ4v) is 2.52. The van der Waals surface area contributed by atoms with Crippen LogP contribution in [0.3, 0.4) is 0 Å². The molecule has 0 unspecified atom stereocenters. The van der Waals surface area contributed by atoms with E-state index >= 15 is 0 Å². The monoisotopic (exact) mass is 407 g/mol. The van der Waals surface area contributed by atoms with Crippen molar-refractivity contribution in [2.75, 3.05) is 0 Å². The van der Waals surface area contributed by atoms with Crippen LogP contribution in [0.4, 0.5) is 17.6 Å². The first-order valence-electron chi connectivity index (χ1n) is 8.23. The van der Waals surface area contributed by atoms with Gasteiger partial charge >= 0.3 is 6.18 Å². The number of aromatic hydroxyl groups is 1. The second-order valence-electron chi connectivity index (χ2n) is 6.05. The van der Waals surface area contributed by atoms with E-state index in [1.165, 1.54) is 18.2 Å². The van der Waals surface area contributed by atoms with Crippen LogP contribution in [0.5, 0.6) is 17.2 Å². The van der Waals surface area contributed by atoms with Gasteiger partial charge in [-0.3, -0.25) is 9.59 Å². The van der Waals surface area contributed by atoms with Gasteiger partial charge in [0.15, 0.2) is 17.3 Å². The van der Waals surface area contributed by atoms with Crippen LogP contribution in [0, 0.1) is 5.82 Å². The van der Waals surface area contributed by atoms with Crippen LogP contribution >= 0.6 is 0 Å². The second kappa shape index (κ2) is 7.78. The van der Waals surface area contributed by atoms with Gasteiger partial charge in [-0.1, -0.05) is 6.08 Å². The summed E-state index contributed by atoms with van der Waals surface area (Å²) in [4.78, 5) is 24.0. The van der Waals surface area contributed by atoms with E-state index in [4.69, 9.17) is 4.74 Å². The lowest BCUT2D eigenvalue weighted by Crippen LogP contribution is -2.24. The Balaban J connectivity index is 1.99. The Kier molecular flexibility index (Phi) is 5.40. The van der Waals surface area contributed by atoms with Crippen molar-refractivity contribution >= 4 is 11.7 Å². The predicted octanol–water partition coefficient (Wildman–Crippen LogP) is 4.49. The summed E-state index contributed by atoms with van der Waals surface area (Å²) < 4.78 is 58.3. The number of hydrogen-bond donors (Lipinski definition) is 2. The number of halogens is 4. The number of alkyl halides is 3. The van der Waals surface area contributed by atoms with E-state index in [1.807, 2.05) is 0 Å². The topological polar surface area (TPSA) is 75.6 Å². The molecule has 0 saturated heterocycles. The van der Waals surface area contributed by atoms with Crippen molar-refractivity contribution < 1.29 is 37.0 Å². The molecule has 1 aliphatic carbocycles. The van der Waals surface area contributed by atoms with Gasteiger partial charge in [0.25, 0.3) is 5.91 Å². The molecule has 0 aliphatic heterocycles. The minimum Gasteiger partial charge on any atom is -0.508 e. The van der Waals surface area contributed by atoms with E-state index in [-0.39, 0.29) is 29.2 Å². The Morgan fingerprint density at radius 3 is 2.55 bits per heavy atom. The molecule has 1 aliphatic rings. The molecule has 0 aromatic heterocycles. The first-order valence-corrected chi connectivity index (χ1v) is 8.23. The zero-order valence-electron chi connectivity index (χ0n) is 14.6. The third-order valence-corrected chi connectivity index (χ3v) is 3.88. The first-order chi connectivity index (χ1) is 13.6. The van der Waals surface area contributed by atoms with Crippen molar-refractivity contribution in [3.63, 3.8) is 0 Å². The first kappa shape index (κ1) is 20.1. The van der Waals surface area contributed by atoms with E-state index in [9.17, 15) is 32.3 Å².